The molecule has 0 fully saturated rings. The van der Waals surface area contributed by atoms with E-state index in [-0.39, 0.29) is 5.54 Å². The van der Waals surface area contributed by atoms with E-state index in [1.807, 2.05) is 6.07 Å². The van der Waals surface area contributed by atoms with Gasteiger partial charge in [-0.1, -0.05) is 31.5 Å². The van der Waals surface area contributed by atoms with Gasteiger partial charge in [-0.3, -0.25) is 0 Å². The van der Waals surface area contributed by atoms with Crippen LogP contribution in [0.25, 0.3) is 0 Å². The van der Waals surface area contributed by atoms with Gasteiger partial charge >= 0.3 is 0 Å². The highest BCUT2D eigenvalue weighted by atomic mass is 16.5. The van der Waals surface area contributed by atoms with Crippen LogP contribution < -0.4 is 10.5 Å². The SMILES string of the molecule is CCC(N)(CC)Cc1cc(C)ccc1OC. The molecule has 0 radical (unpaired) electrons. The number of nitrogens with two attached hydrogens (primary N) is 1. The van der Waals surface area contributed by atoms with Crippen molar-refractivity contribution in [1.29, 1.82) is 0 Å². The van der Waals surface area contributed by atoms with Crippen LogP contribution in [0.3, 0.4) is 0 Å². The smallest absolute Gasteiger partial charge is 0.122 e. The molecule has 2 nitrogen and oxygen atoms in total. The normalized spacial score (nSPS) is 11.6. The molecule has 0 saturated heterocycles. The number of ether oxygens (including phenoxy) is 1. The lowest BCUT2D eigenvalue weighted by atomic mass is 9.86. The van der Waals surface area contributed by atoms with Crippen molar-refractivity contribution in [2.45, 2.75) is 45.6 Å². The van der Waals surface area contributed by atoms with E-state index in [0.717, 1.165) is 25.0 Å². The molecule has 0 aliphatic heterocycles. The first-order valence-electron chi connectivity index (χ1n) is 5.97. The molecule has 0 unspecified atom stereocenters. The standard InChI is InChI=1S/C14H23NO/c1-5-14(15,6-2)10-12-9-11(3)7-8-13(12)16-4/h7-9H,5-6,10,15H2,1-4H3. The molecule has 90 valence electrons. The second kappa shape index (κ2) is 5.35. The number of methoxy groups -OCH3 is 1. The zero-order valence-corrected chi connectivity index (χ0v) is 10.8. The number of hydrogen-bond acceptors (Lipinski definition) is 2. The Hall–Kier alpha value is -1.02. The second-order valence-electron chi connectivity index (χ2n) is 4.56. The van der Waals surface area contributed by atoms with E-state index >= 15 is 0 Å². The number of hydrogen-bond donors (Lipinski definition) is 1. The summed E-state index contributed by atoms with van der Waals surface area (Å²) in [6.07, 6.45) is 2.85. The fourth-order valence-electron chi connectivity index (χ4n) is 1.92. The van der Waals surface area contributed by atoms with Gasteiger partial charge in [0.1, 0.15) is 5.75 Å². The third-order valence-electron chi connectivity index (χ3n) is 3.39. The predicted molar refractivity (Wildman–Crippen MR) is 68.9 cm³/mol. The molecule has 0 aromatic heterocycles. The summed E-state index contributed by atoms with van der Waals surface area (Å²) in [5.41, 5.74) is 8.71. The Kier molecular flexibility index (Phi) is 4.36. The van der Waals surface area contributed by atoms with Crippen LogP contribution in [0.2, 0.25) is 0 Å². The van der Waals surface area contributed by atoms with Crippen LogP contribution in [0.4, 0.5) is 0 Å². The van der Waals surface area contributed by atoms with Gasteiger partial charge in [0.2, 0.25) is 0 Å². The second-order valence-corrected chi connectivity index (χ2v) is 4.56. The molecule has 0 bridgehead atoms. The first kappa shape index (κ1) is 13.0. The van der Waals surface area contributed by atoms with Gasteiger partial charge in [-0.15, -0.1) is 0 Å². The summed E-state index contributed by atoms with van der Waals surface area (Å²) in [6.45, 7) is 6.39. The summed E-state index contributed by atoms with van der Waals surface area (Å²) in [4.78, 5) is 0. The maximum Gasteiger partial charge on any atom is 0.122 e. The highest BCUT2D eigenvalue weighted by Crippen LogP contribution is 2.26. The van der Waals surface area contributed by atoms with Gasteiger partial charge in [0.15, 0.2) is 0 Å². The molecule has 0 atom stereocenters. The summed E-state index contributed by atoms with van der Waals surface area (Å²) in [5, 5.41) is 0. The van der Waals surface area contributed by atoms with Crippen LogP contribution in [0.15, 0.2) is 18.2 Å². The molecular weight excluding hydrogens is 198 g/mol. The van der Waals surface area contributed by atoms with Crippen molar-refractivity contribution in [3.8, 4) is 5.75 Å². The van der Waals surface area contributed by atoms with E-state index in [1.54, 1.807) is 7.11 Å². The third kappa shape index (κ3) is 2.99. The Balaban J connectivity index is 2.98. The lowest BCUT2D eigenvalue weighted by Crippen LogP contribution is -2.40. The summed E-state index contributed by atoms with van der Waals surface area (Å²) >= 11 is 0. The Labute approximate surface area is 98.8 Å². The van der Waals surface area contributed by atoms with Crippen molar-refractivity contribution >= 4 is 0 Å². The fourth-order valence-corrected chi connectivity index (χ4v) is 1.92. The molecule has 2 N–H and O–H groups in total. The Morgan fingerprint density at radius 3 is 2.38 bits per heavy atom. The average molecular weight is 221 g/mol. The monoisotopic (exact) mass is 221 g/mol. The van der Waals surface area contributed by atoms with E-state index in [2.05, 4.69) is 32.9 Å². The van der Waals surface area contributed by atoms with Gasteiger partial charge in [0.25, 0.3) is 0 Å². The predicted octanol–water partition coefficient (Wildman–Crippen LogP) is 3.06. The quantitative estimate of drug-likeness (QED) is 0.829. The molecule has 0 spiro atoms. The summed E-state index contributed by atoms with van der Waals surface area (Å²) < 4.78 is 5.38. The Morgan fingerprint density at radius 2 is 1.88 bits per heavy atom. The molecule has 0 heterocycles. The zero-order valence-electron chi connectivity index (χ0n) is 10.8. The highest BCUT2D eigenvalue weighted by Gasteiger charge is 2.22. The van der Waals surface area contributed by atoms with Gasteiger partial charge in [-0.2, -0.15) is 0 Å². The van der Waals surface area contributed by atoms with Gasteiger partial charge < -0.3 is 10.5 Å². The van der Waals surface area contributed by atoms with Crippen LogP contribution in [-0.2, 0) is 6.42 Å². The van der Waals surface area contributed by atoms with Crippen LogP contribution >= 0.6 is 0 Å². The van der Waals surface area contributed by atoms with Gasteiger partial charge in [0.05, 0.1) is 7.11 Å². The van der Waals surface area contributed by atoms with Crippen LogP contribution in [0.5, 0.6) is 5.75 Å². The zero-order chi connectivity index (χ0) is 12.2. The highest BCUT2D eigenvalue weighted by molar-refractivity contribution is 5.38. The molecule has 2 heteroatoms. The Morgan fingerprint density at radius 1 is 1.25 bits per heavy atom. The minimum absolute atomic E-state index is 0.110. The minimum atomic E-state index is -0.110. The maximum atomic E-state index is 6.35. The van der Waals surface area contributed by atoms with Gasteiger partial charge in [-0.25, -0.2) is 0 Å². The lowest BCUT2D eigenvalue weighted by molar-refractivity contribution is 0.372. The number of benzene rings is 1. The molecule has 1 aromatic carbocycles. The topological polar surface area (TPSA) is 35.2 Å². The van der Waals surface area contributed by atoms with Crippen LogP contribution in [0, 0.1) is 6.92 Å². The molecule has 0 aliphatic rings. The van der Waals surface area contributed by atoms with E-state index < -0.39 is 0 Å². The fraction of sp³-hybridized carbons (Fsp3) is 0.571. The third-order valence-corrected chi connectivity index (χ3v) is 3.39. The van der Waals surface area contributed by atoms with E-state index in [1.165, 1.54) is 11.1 Å². The first-order valence-corrected chi connectivity index (χ1v) is 5.97. The van der Waals surface area contributed by atoms with E-state index in [4.69, 9.17) is 10.5 Å². The number of aryl methyl sites for hydroxylation is 1. The largest absolute Gasteiger partial charge is 0.496 e. The molecule has 16 heavy (non-hydrogen) atoms. The average Bonchev–Trinajstić information content (AvgIpc) is 2.29. The number of rotatable bonds is 5. The molecule has 0 amide bonds. The van der Waals surface area contributed by atoms with Crippen molar-refractivity contribution in [2.24, 2.45) is 5.73 Å². The molecule has 1 rings (SSSR count). The minimum Gasteiger partial charge on any atom is -0.496 e. The van der Waals surface area contributed by atoms with Gasteiger partial charge in [0, 0.05) is 5.54 Å². The van der Waals surface area contributed by atoms with E-state index in [9.17, 15) is 0 Å². The molecule has 0 aliphatic carbocycles. The van der Waals surface area contributed by atoms with Crippen molar-refractivity contribution in [2.75, 3.05) is 7.11 Å². The molecule has 0 saturated carbocycles. The van der Waals surface area contributed by atoms with Crippen molar-refractivity contribution in [1.82, 2.24) is 0 Å². The summed E-state index contributed by atoms with van der Waals surface area (Å²) in [5.74, 6) is 0.947. The van der Waals surface area contributed by atoms with Crippen LogP contribution in [0.1, 0.15) is 37.8 Å². The molecular formula is C14H23NO. The van der Waals surface area contributed by atoms with Gasteiger partial charge in [-0.05, 0) is 37.8 Å². The van der Waals surface area contributed by atoms with E-state index in [0.29, 0.717) is 0 Å². The Bertz CT molecular complexity index is 343. The lowest BCUT2D eigenvalue weighted by Gasteiger charge is -2.27. The maximum absolute atomic E-state index is 6.35. The van der Waals surface area contributed by atoms with Crippen molar-refractivity contribution in [3.05, 3.63) is 29.3 Å². The van der Waals surface area contributed by atoms with Crippen molar-refractivity contribution in [3.63, 3.8) is 0 Å². The van der Waals surface area contributed by atoms with Crippen molar-refractivity contribution < 1.29 is 4.74 Å². The summed E-state index contributed by atoms with van der Waals surface area (Å²) in [6, 6.07) is 6.26. The first-order chi connectivity index (χ1) is 7.54. The molecule has 1 aromatic rings. The summed E-state index contributed by atoms with van der Waals surface area (Å²) in [7, 11) is 1.71. The van der Waals surface area contributed by atoms with Crippen LogP contribution in [-0.4, -0.2) is 12.6 Å².